The molecule has 1 N–H and O–H groups in total. The van der Waals surface area contributed by atoms with Gasteiger partial charge in [-0.15, -0.1) is 0 Å². The molecule has 0 aromatic heterocycles. The molecule has 6 heteroatoms. The first-order valence-corrected chi connectivity index (χ1v) is 5.41. The van der Waals surface area contributed by atoms with Crippen LogP contribution in [0.4, 0.5) is 5.69 Å². The molecule has 1 aliphatic heterocycles. The average Bonchev–Trinajstić information content (AvgIpc) is 2.36. The lowest BCUT2D eigenvalue weighted by Crippen LogP contribution is -2.53. The zero-order valence-electron chi connectivity index (χ0n) is 9.79. The highest BCUT2D eigenvalue weighted by Gasteiger charge is 2.31. The predicted molar refractivity (Wildman–Crippen MR) is 63.4 cm³/mol. The summed E-state index contributed by atoms with van der Waals surface area (Å²) in [7, 11) is 1.56. The fourth-order valence-corrected chi connectivity index (χ4v) is 1.79. The molecule has 0 atom stereocenters. The zero-order chi connectivity index (χ0) is 13.3. The van der Waals surface area contributed by atoms with Crippen molar-refractivity contribution in [3.63, 3.8) is 0 Å². The second-order valence-corrected chi connectivity index (χ2v) is 4.04. The molecule has 0 radical (unpaired) electrons. The Morgan fingerprint density at radius 2 is 1.94 bits per heavy atom. The quantitative estimate of drug-likeness (QED) is 0.758. The van der Waals surface area contributed by atoms with Crippen molar-refractivity contribution >= 4 is 23.5 Å². The van der Waals surface area contributed by atoms with Gasteiger partial charge in [-0.1, -0.05) is 6.07 Å². The van der Waals surface area contributed by atoms with Crippen molar-refractivity contribution < 1.29 is 19.5 Å². The Labute approximate surface area is 103 Å². The summed E-state index contributed by atoms with van der Waals surface area (Å²) in [6, 6.07) is 5.99. The number of carbonyl (C=O) groups excluding carboxylic acids is 2. The topological polar surface area (TPSA) is 77.9 Å². The second kappa shape index (κ2) is 4.48. The summed E-state index contributed by atoms with van der Waals surface area (Å²) in [5.41, 5.74) is 0.521. The van der Waals surface area contributed by atoms with Crippen molar-refractivity contribution in [1.82, 2.24) is 4.90 Å². The minimum Gasteiger partial charge on any atom is -0.478 e. The van der Waals surface area contributed by atoms with Gasteiger partial charge in [0.2, 0.25) is 0 Å². The number of nitrogens with zero attached hydrogens (tertiary/aromatic N) is 2. The summed E-state index contributed by atoms with van der Waals surface area (Å²) < 4.78 is 0. The van der Waals surface area contributed by atoms with E-state index in [1.165, 1.54) is 21.9 Å². The Balaban J connectivity index is 2.32. The van der Waals surface area contributed by atoms with Crippen LogP contribution in [-0.2, 0) is 9.59 Å². The van der Waals surface area contributed by atoms with Crippen LogP contribution < -0.4 is 4.90 Å². The van der Waals surface area contributed by atoms with E-state index in [0.29, 0.717) is 18.8 Å². The van der Waals surface area contributed by atoms with Crippen LogP contribution in [0.3, 0.4) is 0 Å². The van der Waals surface area contributed by atoms with E-state index in [0.717, 1.165) is 0 Å². The average molecular weight is 248 g/mol. The Hall–Kier alpha value is -2.37. The van der Waals surface area contributed by atoms with E-state index in [1.807, 2.05) is 0 Å². The predicted octanol–water partition coefficient (Wildman–Crippen LogP) is 0.190. The lowest BCUT2D eigenvalue weighted by molar-refractivity contribution is -0.145. The van der Waals surface area contributed by atoms with Crippen molar-refractivity contribution in [3.05, 3.63) is 29.8 Å². The van der Waals surface area contributed by atoms with Gasteiger partial charge in [0.15, 0.2) is 0 Å². The molecule has 94 valence electrons. The van der Waals surface area contributed by atoms with Crippen molar-refractivity contribution in [2.45, 2.75) is 0 Å². The Morgan fingerprint density at radius 1 is 1.22 bits per heavy atom. The molecule has 1 saturated heterocycles. The minimum atomic E-state index is -1.07. The van der Waals surface area contributed by atoms with Crippen LogP contribution in [0.5, 0.6) is 0 Å². The van der Waals surface area contributed by atoms with Crippen molar-refractivity contribution in [3.8, 4) is 0 Å². The van der Waals surface area contributed by atoms with Gasteiger partial charge in [-0.05, 0) is 18.2 Å². The SMILES string of the molecule is CN1CCN(c2cccc(C(=O)O)c2)C(=O)C1=O. The smallest absolute Gasteiger partial charge is 0.335 e. The van der Waals surface area contributed by atoms with E-state index in [9.17, 15) is 14.4 Å². The summed E-state index contributed by atoms with van der Waals surface area (Å²) in [5.74, 6) is -2.28. The first kappa shape index (κ1) is 12.1. The molecule has 2 amide bonds. The number of hydrogen-bond donors (Lipinski definition) is 1. The third-order valence-corrected chi connectivity index (χ3v) is 2.84. The number of benzene rings is 1. The van der Waals surface area contributed by atoms with Crippen LogP contribution in [0.1, 0.15) is 10.4 Å². The highest BCUT2D eigenvalue weighted by molar-refractivity contribution is 6.40. The normalized spacial score (nSPS) is 16.1. The molecule has 0 spiro atoms. The van der Waals surface area contributed by atoms with Crippen LogP contribution in [0, 0.1) is 0 Å². The number of anilines is 1. The van der Waals surface area contributed by atoms with E-state index in [2.05, 4.69) is 0 Å². The van der Waals surface area contributed by atoms with E-state index >= 15 is 0 Å². The number of rotatable bonds is 2. The molecule has 1 aliphatic rings. The second-order valence-electron chi connectivity index (χ2n) is 4.04. The highest BCUT2D eigenvalue weighted by atomic mass is 16.4. The molecule has 2 rings (SSSR count). The van der Waals surface area contributed by atoms with E-state index in [-0.39, 0.29) is 5.56 Å². The van der Waals surface area contributed by atoms with Gasteiger partial charge in [-0.25, -0.2) is 4.79 Å². The van der Waals surface area contributed by atoms with Crippen molar-refractivity contribution in [2.75, 3.05) is 25.0 Å². The van der Waals surface area contributed by atoms with E-state index < -0.39 is 17.8 Å². The van der Waals surface area contributed by atoms with Crippen LogP contribution in [-0.4, -0.2) is 47.9 Å². The van der Waals surface area contributed by atoms with Crippen molar-refractivity contribution in [1.29, 1.82) is 0 Å². The Morgan fingerprint density at radius 3 is 2.61 bits per heavy atom. The van der Waals surface area contributed by atoms with Gasteiger partial charge in [0, 0.05) is 25.8 Å². The molecule has 1 heterocycles. The molecule has 0 saturated carbocycles. The lowest BCUT2D eigenvalue weighted by atomic mass is 10.1. The molecule has 6 nitrogen and oxygen atoms in total. The maximum atomic E-state index is 11.8. The van der Waals surface area contributed by atoms with E-state index in [1.54, 1.807) is 19.2 Å². The van der Waals surface area contributed by atoms with Crippen molar-refractivity contribution in [2.24, 2.45) is 0 Å². The fraction of sp³-hybridized carbons (Fsp3) is 0.250. The van der Waals surface area contributed by atoms with Gasteiger partial charge < -0.3 is 14.9 Å². The first-order chi connectivity index (χ1) is 8.50. The molecule has 1 aromatic rings. The standard InChI is InChI=1S/C12H12N2O4/c1-13-5-6-14(11(16)10(13)15)9-4-2-3-8(7-9)12(17)18/h2-4,7H,5-6H2,1H3,(H,17,18). The summed E-state index contributed by atoms with van der Waals surface area (Å²) in [4.78, 5) is 36.9. The van der Waals surface area contributed by atoms with Crippen LogP contribution >= 0.6 is 0 Å². The molecule has 18 heavy (non-hydrogen) atoms. The fourth-order valence-electron chi connectivity index (χ4n) is 1.79. The summed E-state index contributed by atoms with van der Waals surface area (Å²) in [5, 5.41) is 8.89. The van der Waals surface area contributed by atoms with Gasteiger partial charge in [-0.2, -0.15) is 0 Å². The molecule has 0 bridgehead atoms. The summed E-state index contributed by atoms with van der Waals surface area (Å²) in [6.45, 7) is 0.798. The maximum Gasteiger partial charge on any atom is 0.335 e. The molecule has 1 aromatic carbocycles. The third-order valence-electron chi connectivity index (χ3n) is 2.84. The monoisotopic (exact) mass is 248 g/mol. The number of carbonyl (C=O) groups is 3. The molecule has 0 aliphatic carbocycles. The van der Waals surface area contributed by atoms with Gasteiger partial charge in [0.05, 0.1) is 5.56 Å². The number of carboxylic acid groups (broad SMARTS) is 1. The minimum absolute atomic E-state index is 0.0895. The number of hydrogen-bond acceptors (Lipinski definition) is 3. The molecule has 0 unspecified atom stereocenters. The largest absolute Gasteiger partial charge is 0.478 e. The number of piperazine rings is 1. The number of aromatic carboxylic acids is 1. The highest BCUT2D eigenvalue weighted by Crippen LogP contribution is 2.19. The Bertz CT molecular complexity index is 527. The third kappa shape index (κ3) is 2.04. The van der Waals surface area contributed by atoms with Gasteiger partial charge in [-0.3, -0.25) is 9.59 Å². The van der Waals surface area contributed by atoms with Gasteiger partial charge >= 0.3 is 17.8 Å². The lowest BCUT2D eigenvalue weighted by Gasteiger charge is -2.31. The molecule has 1 fully saturated rings. The van der Waals surface area contributed by atoms with Crippen LogP contribution in [0.25, 0.3) is 0 Å². The summed E-state index contributed by atoms with van der Waals surface area (Å²) in [6.07, 6.45) is 0. The molecular weight excluding hydrogens is 236 g/mol. The van der Waals surface area contributed by atoms with Gasteiger partial charge in [0.1, 0.15) is 0 Å². The zero-order valence-corrected chi connectivity index (χ0v) is 9.79. The number of carboxylic acids is 1. The first-order valence-electron chi connectivity index (χ1n) is 5.41. The van der Waals surface area contributed by atoms with E-state index in [4.69, 9.17) is 5.11 Å². The summed E-state index contributed by atoms with van der Waals surface area (Å²) >= 11 is 0. The number of likely N-dealkylation sites (N-methyl/N-ethyl adjacent to an activating group) is 1. The molecular formula is C12H12N2O4. The van der Waals surface area contributed by atoms with Crippen LogP contribution in [0.15, 0.2) is 24.3 Å². The number of amides is 2. The maximum absolute atomic E-state index is 11.8. The van der Waals surface area contributed by atoms with Crippen LogP contribution in [0.2, 0.25) is 0 Å². The Kier molecular flexibility index (Phi) is 3.01. The van der Waals surface area contributed by atoms with Gasteiger partial charge in [0.25, 0.3) is 0 Å².